The van der Waals surface area contributed by atoms with E-state index in [1.807, 2.05) is 13.8 Å². The van der Waals surface area contributed by atoms with Crippen molar-refractivity contribution in [1.82, 2.24) is 0 Å². The van der Waals surface area contributed by atoms with E-state index in [1.54, 1.807) is 13.0 Å². The highest BCUT2D eigenvalue weighted by atomic mass is 16.8. The number of aliphatic hydroxyl groups is 6. The van der Waals surface area contributed by atoms with Crippen LogP contribution in [0, 0.1) is 28.6 Å². The molecule has 0 radical (unpaired) electrons. The number of carbonyl (C=O) groups is 1. The second kappa shape index (κ2) is 9.97. The molecule has 2 heterocycles. The van der Waals surface area contributed by atoms with Gasteiger partial charge in [0, 0.05) is 36.2 Å². The molecule has 2 aliphatic heterocycles. The maximum Gasteiger partial charge on any atom is 0.203 e. The van der Waals surface area contributed by atoms with Crippen LogP contribution in [0.2, 0.25) is 0 Å². The summed E-state index contributed by atoms with van der Waals surface area (Å²) in [5.41, 5.74) is -3.45. The molecule has 12 nitrogen and oxygen atoms in total. The monoisotopic (exact) mass is 558 g/mol. The Bertz CT molecular complexity index is 984. The third-order valence-electron chi connectivity index (χ3n) is 10.7. The summed E-state index contributed by atoms with van der Waals surface area (Å²) in [6, 6.07) is 0. The smallest absolute Gasteiger partial charge is 0.203 e. The highest BCUT2D eigenvalue weighted by Gasteiger charge is 2.75. The van der Waals surface area contributed by atoms with Gasteiger partial charge in [0.25, 0.3) is 0 Å². The van der Waals surface area contributed by atoms with Crippen LogP contribution in [0.3, 0.4) is 0 Å². The molecule has 0 spiro atoms. The average Bonchev–Trinajstić information content (AvgIpc) is 2.88. The van der Waals surface area contributed by atoms with Crippen molar-refractivity contribution in [2.45, 2.75) is 101 Å². The first-order valence-electron chi connectivity index (χ1n) is 13.6. The highest BCUT2D eigenvalue weighted by Crippen LogP contribution is 2.68. The van der Waals surface area contributed by atoms with Crippen molar-refractivity contribution in [3.63, 3.8) is 0 Å². The lowest BCUT2D eigenvalue weighted by Crippen LogP contribution is -2.78. The van der Waals surface area contributed by atoms with Crippen LogP contribution in [-0.4, -0.2) is 118 Å². The third kappa shape index (κ3) is 3.98. The Morgan fingerprint density at radius 2 is 1.69 bits per heavy atom. The Morgan fingerprint density at radius 3 is 2.31 bits per heavy atom. The summed E-state index contributed by atoms with van der Waals surface area (Å²) in [7, 11) is 2.86. The molecule has 12 heteroatoms. The zero-order chi connectivity index (χ0) is 28.7. The number of Topliss-reactive ketones (excluding diaryl/α,β-unsaturated/α-hetero) is 1. The van der Waals surface area contributed by atoms with Crippen LogP contribution in [-0.2, 0) is 28.5 Å². The van der Waals surface area contributed by atoms with Crippen LogP contribution in [0.25, 0.3) is 0 Å². The Balaban J connectivity index is 1.53. The summed E-state index contributed by atoms with van der Waals surface area (Å²) in [6.07, 6.45) is -8.28. The second-order valence-corrected chi connectivity index (χ2v) is 12.4. The molecule has 0 bridgehead atoms. The van der Waals surface area contributed by atoms with E-state index < -0.39 is 90.2 Å². The molecule has 39 heavy (non-hydrogen) atoms. The van der Waals surface area contributed by atoms with E-state index in [-0.39, 0.29) is 23.9 Å². The molecule has 5 rings (SSSR count). The SMILES string of the molecule is COC1=CCC2CC3OC(OC4OC(CO)C(O)C(O)C4O)CC4C(C)(O)C(OC)C(O)C(C2(C)C1=O)C34C. The summed E-state index contributed by atoms with van der Waals surface area (Å²) in [5, 5.41) is 64.1. The molecule has 2 saturated heterocycles. The van der Waals surface area contributed by atoms with E-state index in [0.29, 0.717) is 12.8 Å². The van der Waals surface area contributed by atoms with Gasteiger partial charge in [-0.1, -0.05) is 13.8 Å². The van der Waals surface area contributed by atoms with E-state index in [4.69, 9.17) is 23.7 Å². The number of rotatable bonds is 5. The van der Waals surface area contributed by atoms with Gasteiger partial charge in [-0.15, -0.1) is 0 Å². The number of carbonyl (C=O) groups excluding carboxylic acids is 1. The van der Waals surface area contributed by atoms with E-state index in [9.17, 15) is 35.4 Å². The first-order valence-corrected chi connectivity index (χ1v) is 13.6. The number of ether oxygens (including phenoxy) is 5. The van der Waals surface area contributed by atoms with Gasteiger partial charge in [0.15, 0.2) is 18.3 Å². The Morgan fingerprint density at radius 1 is 1.00 bits per heavy atom. The number of ketones is 1. The molecule has 0 aromatic rings. The van der Waals surface area contributed by atoms with E-state index in [2.05, 4.69) is 0 Å². The number of methoxy groups -OCH3 is 2. The standard InChI is InChI=1S/C27H42O12/c1-25-11(6-7-12(35-4)22(25)33)8-15-26(2)14(27(3,34)23(36-5)20(32)21(25)26)9-16(38-15)39-24-19(31)18(30)17(29)13(10-28)37-24/h7,11,13-21,23-24,28-32,34H,6,8-10H2,1-5H3. The molecule has 5 aliphatic rings. The Hall–Kier alpha value is -1.19. The molecule has 222 valence electrons. The minimum absolute atomic E-state index is 0.0972. The van der Waals surface area contributed by atoms with Gasteiger partial charge in [-0.2, -0.15) is 0 Å². The fourth-order valence-electron chi connectivity index (χ4n) is 8.74. The van der Waals surface area contributed by atoms with Crippen molar-refractivity contribution >= 4 is 5.78 Å². The van der Waals surface area contributed by atoms with Gasteiger partial charge in [-0.05, 0) is 31.8 Å². The molecule has 15 unspecified atom stereocenters. The van der Waals surface area contributed by atoms with Crippen molar-refractivity contribution in [2.24, 2.45) is 28.6 Å². The average molecular weight is 559 g/mol. The zero-order valence-corrected chi connectivity index (χ0v) is 23.0. The Labute approximate surface area is 227 Å². The quantitative estimate of drug-likeness (QED) is 0.238. The van der Waals surface area contributed by atoms with Crippen molar-refractivity contribution in [3.05, 3.63) is 11.8 Å². The van der Waals surface area contributed by atoms with Crippen molar-refractivity contribution in [2.75, 3.05) is 20.8 Å². The molecule has 0 aromatic carbocycles. The van der Waals surface area contributed by atoms with Crippen molar-refractivity contribution in [3.8, 4) is 0 Å². The third-order valence-corrected chi connectivity index (χ3v) is 10.7. The lowest BCUT2D eigenvalue weighted by molar-refractivity contribution is -0.391. The fraction of sp³-hybridized carbons (Fsp3) is 0.889. The van der Waals surface area contributed by atoms with Gasteiger partial charge in [0.05, 0.1) is 31.5 Å². The van der Waals surface area contributed by atoms with E-state index in [1.165, 1.54) is 14.2 Å². The predicted molar refractivity (Wildman–Crippen MR) is 132 cm³/mol. The van der Waals surface area contributed by atoms with Gasteiger partial charge in [-0.25, -0.2) is 0 Å². The van der Waals surface area contributed by atoms with Crippen LogP contribution in [0.15, 0.2) is 11.8 Å². The molecular formula is C27H42O12. The second-order valence-electron chi connectivity index (χ2n) is 12.4. The number of allylic oxidation sites excluding steroid dienone is 2. The van der Waals surface area contributed by atoms with Gasteiger partial charge in [0.2, 0.25) is 5.78 Å². The summed E-state index contributed by atoms with van der Waals surface area (Å²) in [4.78, 5) is 13.8. The highest BCUT2D eigenvalue weighted by molar-refractivity contribution is 5.99. The first kappa shape index (κ1) is 29.3. The summed E-state index contributed by atoms with van der Waals surface area (Å²) < 4.78 is 29.1. The topological polar surface area (TPSA) is 185 Å². The molecule has 15 atom stereocenters. The summed E-state index contributed by atoms with van der Waals surface area (Å²) in [5.74, 6) is -1.37. The van der Waals surface area contributed by atoms with Crippen LogP contribution in [0.4, 0.5) is 0 Å². The molecule has 0 amide bonds. The van der Waals surface area contributed by atoms with Crippen LogP contribution >= 0.6 is 0 Å². The molecule has 3 aliphatic carbocycles. The fourth-order valence-corrected chi connectivity index (χ4v) is 8.74. The van der Waals surface area contributed by atoms with Crippen LogP contribution in [0.5, 0.6) is 0 Å². The number of fused-ring (bicyclic) bond motifs is 2. The molecule has 2 saturated carbocycles. The van der Waals surface area contributed by atoms with Crippen LogP contribution in [0.1, 0.15) is 40.0 Å². The van der Waals surface area contributed by atoms with Gasteiger partial charge in [0.1, 0.15) is 30.5 Å². The maximum atomic E-state index is 13.8. The van der Waals surface area contributed by atoms with E-state index >= 15 is 0 Å². The van der Waals surface area contributed by atoms with Gasteiger partial charge in [-0.3, -0.25) is 4.79 Å². The minimum Gasteiger partial charge on any atom is -0.493 e. The van der Waals surface area contributed by atoms with Gasteiger partial charge >= 0.3 is 0 Å². The summed E-state index contributed by atoms with van der Waals surface area (Å²) in [6.45, 7) is 4.79. The van der Waals surface area contributed by atoms with Crippen molar-refractivity contribution < 1.29 is 59.1 Å². The predicted octanol–water partition coefficient (Wildman–Crippen LogP) is -1.17. The first-order chi connectivity index (χ1) is 18.3. The number of aliphatic hydroxyl groups excluding tert-OH is 5. The number of hydrogen-bond donors (Lipinski definition) is 6. The normalized spacial score (nSPS) is 55.4. The lowest BCUT2D eigenvalue weighted by Gasteiger charge is -2.70. The number of hydrogen-bond acceptors (Lipinski definition) is 12. The largest absolute Gasteiger partial charge is 0.493 e. The molecule has 4 fully saturated rings. The molecule has 6 N–H and O–H groups in total. The Kier molecular flexibility index (Phi) is 7.49. The van der Waals surface area contributed by atoms with Crippen LogP contribution < -0.4 is 0 Å². The van der Waals surface area contributed by atoms with E-state index in [0.717, 1.165) is 0 Å². The summed E-state index contributed by atoms with van der Waals surface area (Å²) >= 11 is 0. The van der Waals surface area contributed by atoms with Crippen molar-refractivity contribution in [1.29, 1.82) is 0 Å². The maximum absolute atomic E-state index is 13.8. The molecule has 0 aromatic heterocycles. The minimum atomic E-state index is -1.62. The van der Waals surface area contributed by atoms with Gasteiger partial charge < -0.3 is 54.3 Å². The zero-order valence-electron chi connectivity index (χ0n) is 23.0. The lowest BCUT2D eigenvalue weighted by atomic mass is 9.38. The molecular weight excluding hydrogens is 516 g/mol.